The van der Waals surface area contributed by atoms with E-state index >= 15 is 0 Å². The van der Waals surface area contributed by atoms with E-state index in [1.54, 1.807) is 6.33 Å². The van der Waals surface area contributed by atoms with Gasteiger partial charge < -0.3 is 4.90 Å². The first-order valence-corrected chi connectivity index (χ1v) is 8.40. The zero-order valence-corrected chi connectivity index (χ0v) is 12.8. The van der Waals surface area contributed by atoms with E-state index in [-0.39, 0.29) is 0 Å². The molecule has 1 aromatic rings. The van der Waals surface area contributed by atoms with Gasteiger partial charge in [-0.1, -0.05) is 19.3 Å². The van der Waals surface area contributed by atoms with Crippen LogP contribution in [0.5, 0.6) is 0 Å². The standard InChI is InChI=1S/C16H28N4/c1-19-11-5-6-14(12-19)9-10-16-17-13-18-20(16)15-7-3-2-4-8-15/h13-15H,2-12H2,1H3/t14-/m1/s1. The zero-order chi connectivity index (χ0) is 13.8. The Morgan fingerprint density at radius 1 is 1.15 bits per heavy atom. The molecule has 0 amide bonds. The lowest BCUT2D eigenvalue weighted by atomic mass is 9.93. The number of nitrogens with zero attached hydrogens (tertiary/aromatic N) is 4. The van der Waals surface area contributed by atoms with Crippen LogP contribution < -0.4 is 0 Å². The highest BCUT2D eigenvalue weighted by Crippen LogP contribution is 2.28. The summed E-state index contributed by atoms with van der Waals surface area (Å²) in [7, 11) is 2.25. The topological polar surface area (TPSA) is 34.0 Å². The normalized spacial score (nSPS) is 25.9. The smallest absolute Gasteiger partial charge is 0.138 e. The molecule has 1 saturated carbocycles. The molecule has 2 fully saturated rings. The summed E-state index contributed by atoms with van der Waals surface area (Å²) in [6, 6.07) is 0.621. The van der Waals surface area contributed by atoms with Gasteiger partial charge in [-0.3, -0.25) is 0 Å². The lowest BCUT2D eigenvalue weighted by Crippen LogP contribution is -2.32. The Labute approximate surface area is 122 Å². The molecule has 2 aliphatic rings. The molecule has 2 heterocycles. The third-order valence-electron chi connectivity index (χ3n) is 5.07. The van der Waals surface area contributed by atoms with Gasteiger partial charge in [0.15, 0.2) is 0 Å². The fourth-order valence-corrected chi connectivity index (χ4v) is 3.93. The predicted octanol–water partition coefficient (Wildman–Crippen LogP) is 3.06. The summed E-state index contributed by atoms with van der Waals surface area (Å²) in [6.07, 6.45) is 13.6. The minimum atomic E-state index is 0.621. The largest absolute Gasteiger partial charge is 0.306 e. The molecule has 1 saturated heterocycles. The quantitative estimate of drug-likeness (QED) is 0.847. The van der Waals surface area contributed by atoms with Crippen LogP contribution in [0.3, 0.4) is 0 Å². The monoisotopic (exact) mass is 276 g/mol. The second kappa shape index (κ2) is 6.70. The molecule has 1 aliphatic carbocycles. The number of rotatable bonds is 4. The molecule has 1 atom stereocenters. The summed E-state index contributed by atoms with van der Waals surface area (Å²) < 4.78 is 2.24. The molecular weight excluding hydrogens is 248 g/mol. The average molecular weight is 276 g/mol. The highest BCUT2D eigenvalue weighted by Gasteiger charge is 2.21. The predicted molar refractivity (Wildman–Crippen MR) is 80.7 cm³/mol. The molecule has 0 bridgehead atoms. The molecule has 1 aromatic heterocycles. The van der Waals surface area contributed by atoms with Crippen LogP contribution in [-0.4, -0.2) is 39.8 Å². The van der Waals surface area contributed by atoms with Gasteiger partial charge in [0.25, 0.3) is 0 Å². The molecule has 112 valence electrons. The Morgan fingerprint density at radius 2 is 2.00 bits per heavy atom. The number of likely N-dealkylation sites (tertiary alicyclic amines) is 1. The number of aromatic nitrogens is 3. The third kappa shape index (κ3) is 3.40. The van der Waals surface area contributed by atoms with Crippen molar-refractivity contribution in [3.05, 3.63) is 12.2 Å². The molecule has 0 unspecified atom stereocenters. The minimum absolute atomic E-state index is 0.621. The van der Waals surface area contributed by atoms with Gasteiger partial charge in [-0.2, -0.15) is 5.10 Å². The van der Waals surface area contributed by atoms with Crippen LogP contribution in [0.1, 0.15) is 63.2 Å². The summed E-state index contributed by atoms with van der Waals surface area (Å²) in [5, 5.41) is 4.51. The first-order chi connectivity index (χ1) is 9.83. The van der Waals surface area contributed by atoms with Gasteiger partial charge in [-0.25, -0.2) is 9.67 Å². The maximum absolute atomic E-state index is 4.53. The van der Waals surface area contributed by atoms with Crippen LogP contribution in [0.4, 0.5) is 0 Å². The van der Waals surface area contributed by atoms with Crippen LogP contribution >= 0.6 is 0 Å². The Hall–Kier alpha value is -0.900. The van der Waals surface area contributed by atoms with Gasteiger partial charge in [0, 0.05) is 13.0 Å². The van der Waals surface area contributed by atoms with E-state index in [2.05, 4.69) is 26.7 Å². The van der Waals surface area contributed by atoms with E-state index in [1.807, 2.05) is 0 Å². The Bertz CT molecular complexity index is 408. The van der Waals surface area contributed by atoms with E-state index in [9.17, 15) is 0 Å². The lowest BCUT2D eigenvalue weighted by Gasteiger charge is -2.29. The third-order valence-corrected chi connectivity index (χ3v) is 5.07. The second-order valence-corrected chi connectivity index (χ2v) is 6.72. The first kappa shape index (κ1) is 14.1. The summed E-state index contributed by atoms with van der Waals surface area (Å²) in [5.41, 5.74) is 0. The van der Waals surface area contributed by atoms with E-state index in [4.69, 9.17) is 0 Å². The summed E-state index contributed by atoms with van der Waals surface area (Å²) in [6.45, 7) is 2.53. The van der Waals surface area contributed by atoms with Gasteiger partial charge in [-0.05, 0) is 51.6 Å². The molecule has 0 radical (unpaired) electrons. The van der Waals surface area contributed by atoms with Crippen molar-refractivity contribution in [1.82, 2.24) is 19.7 Å². The maximum Gasteiger partial charge on any atom is 0.138 e. The first-order valence-electron chi connectivity index (χ1n) is 8.40. The van der Waals surface area contributed by atoms with Crippen LogP contribution in [0.2, 0.25) is 0 Å². The SMILES string of the molecule is CN1CCC[C@H](CCc2ncnn2C2CCCCC2)C1. The number of piperidine rings is 1. The summed E-state index contributed by atoms with van der Waals surface area (Å²) in [5.74, 6) is 2.08. The molecule has 1 aliphatic heterocycles. The molecule has 3 rings (SSSR count). The average Bonchev–Trinajstić information content (AvgIpc) is 2.95. The van der Waals surface area contributed by atoms with E-state index in [0.29, 0.717) is 6.04 Å². The van der Waals surface area contributed by atoms with Crippen molar-refractivity contribution >= 4 is 0 Å². The van der Waals surface area contributed by atoms with Gasteiger partial charge in [-0.15, -0.1) is 0 Å². The van der Waals surface area contributed by atoms with Crippen LogP contribution in [0.15, 0.2) is 6.33 Å². The fraction of sp³-hybridized carbons (Fsp3) is 0.875. The van der Waals surface area contributed by atoms with Crippen molar-refractivity contribution in [2.24, 2.45) is 5.92 Å². The Morgan fingerprint density at radius 3 is 2.80 bits per heavy atom. The summed E-state index contributed by atoms with van der Waals surface area (Å²) in [4.78, 5) is 7.01. The van der Waals surface area contributed by atoms with Crippen LogP contribution in [0.25, 0.3) is 0 Å². The molecular formula is C16H28N4. The fourth-order valence-electron chi connectivity index (χ4n) is 3.93. The highest BCUT2D eigenvalue weighted by atomic mass is 15.3. The zero-order valence-electron chi connectivity index (χ0n) is 12.8. The van der Waals surface area contributed by atoms with Crippen LogP contribution in [0, 0.1) is 5.92 Å². The van der Waals surface area contributed by atoms with E-state index in [1.165, 1.54) is 70.3 Å². The van der Waals surface area contributed by atoms with Crippen LogP contribution in [-0.2, 0) is 6.42 Å². The van der Waals surface area contributed by atoms with E-state index in [0.717, 1.165) is 12.3 Å². The van der Waals surface area contributed by atoms with Crippen molar-refractivity contribution in [2.75, 3.05) is 20.1 Å². The van der Waals surface area contributed by atoms with Gasteiger partial charge in [0.05, 0.1) is 6.04 Å². The lowest BCUT2D eigenvalue weighted by molar-refractivity contribution is 0.200. The Balaban J connectivity index is 1.56. The molecule has 20 heavy (non-hydrogen) atoms. The molecule has 4 nitrogen and oxygen atoms in total. The van der Waals surface area contributed by atoms with Gasteiger partial charge in [0.1, 0.15) is 12.2 Å². The van der Waals surface area contributed by atoms with Gasteiger partial charge >= 0.3 is 0 Å². The molecule has 4 heteroatoms. The van der Waals surface area contributed by atoms with Crippen molar-refractivity contribution in [3.8, 4) is 0 Å². The second-order valence-electron chi connectivity index (χ2n) is 6.72. The summed E-state index contributed by atoms with van der Waals surface area (Å²) >= 11 is 0. The number of hydrogen-bond acceptors (Lipinski definition) is 3. The van der Waals surface area contributed by atoms with E-state index < -0.39 is 0 Å². The Kier molecular flexibility index (Phi) is 4.71. The van der Waals surface area contributed by atoms with Crippen molar-refractivity contribution in [2.45, 2.75) is 63.8 Å². The maximum atomic E-state index is 4.53. The number of hydrogen-bond donors (Lipinski definition) is 0. The minimum Gasteiger partial charge on any atom is -0.306 e. The van der Waals surface area contributed by atoms with Crippen molar-refractivity contribution in [1.29, 1.82) is 0 Å². The van der Waals surface area contributed by atoms with Crippen molar-refractivity contribution in [3.63, 3.8) is 0 Å². The molecule has 0 N–H and O–H groups in total. The number of aryl methyl sites for hydroxylation is 1. The molecule has 0 aromatic carbocycles. The highest BCUT2D eigenvalue weighted by molar-refractivity contribution is 4.90. The molecule has 0 spiro atoms. The van der Waals surface area contributed by atoms with Crippen molar-refractivity contribution < 1.29 is 0 Å². The van der Waals surface area contributed by atoms with Gasteiger partial charge in [0.2, 0.25) is 0 Å².